The summed E-state index contributed by atoms with van der Waals surface area (Å²) in [5, 5.41) is 2.92. The first-order valence-corrected chi connectivity index (χ1v) is 6.77. The van der Waals surface area contributed by atoms with Gasteiger partial charge in [-0.3, -0.25) is 9.59 Å². The molecule has 5 nitrogen and oxygen atoms in total. The van der Waals surface area contributed by atoms with Crippen LogP contribution >= 0.6 is 0 Å². The van der Waals surface area contributed by atoms with Crippen LogP contribution in [0.25, 0.3) is 0 Å². The Bertz CT molecular complexity index is 324. The lowest BCUT2D eigenvalue weighted by Crippen LogP contribution is -2.65. The second-order valence-electron chi connectivity index (χ2n) is 5.26. The van der Waals surface area contributed by atoms with E-state index < -0.39 is 5.54 Å². The molecule has 0 radical (unpaired) electrons. The zero-order chi connectivity index (χ0) is 13.0. The molecule has 0 bridgehead atoms. The second-order valence-corrected chi connectivity index (χ2v) is 5.26. The lowest BCUT2D eigenvalue weighted by molar-refractivity contribution is -0.149. The van der Waals surface area contributed by atoms with Crippen molar-refractivity contribution >= 4 is 11.8 Å². The van der Waals surface area contributed by atoms with E-state index in [1.165, 1.54) is 0 Å². The van der Waals surface area contributed by atoms with Gasteiger partial charge in [0, 0.05) is 20.3 Å². The van der Waals surface area contributed by atoms with Crippen LogP contribution in [0.1, 0.15) is 38.5 Å². The van der Waals surface area contributed by atoms with Crippen LogP contribution in [-0.2, 0) is 14.3 Å². The summed E-state index contributed by atoms with van der Waals surface area (Å²) in [6.07, 6.45) is 5.48. The molecule has 2 fully saturated rings. The number of nitrogens with zero attached hydrogens (tertiary/aromatic N) is 1. The highest BCUT2D eigenvalue weighted by Gasteiger charge is 2.47. The molecular formula is C13H22N2O3. The van der Waals surface area contributed by atoms with Crippen molar-refractivity contribution in [3.63, 3.8) is 0 Å². The second kappa shape index (κ2) is 5.69. The Morgan fingerprint density at radius 3 is 2.67 bits per heavy atom. The number of methoxy groups -OCH3 is 1. The zero-order valence-corrected chi connectivity index (χ0v) is 11.0. The van der Waals surface area contributed by atoms with E-state index in [1.807, 2.05) is 0 Å². The maximum absolute atomic E-state index is 12.4. The predicted molar refractivity (Wildman–Crippen MR) is 67.0 cm³/mol. The van der Waals surface area contributed by atoms with Crippen LogP contribution < -0.4 is 5.32 Å². The molecule has 0 atom stereocenters. The molecule has 0 aromatic carbocycles. The van der Waals surface area contributed by atoms with E-state index in [2.05, 4.69) is 5.32 Å². The molecule has 1 spiro atoms. The maximum Gasteiger partial charge on any atom is 0.248 e. The van der Waals surface area contributed by atoms with Crippen molar-refractivity contribution in [3.8, 4) is 0 Å². The predicted octanol–water partition coefficient (Wildman–Crippen LogP) is 0.684. The minimum absolute atomic E-state index is 0.0109. The van der Waals surface area contributed by atoms with Gasteiger partial charge in [-0.2, -0.15) is 0 Å². The molecule has 1 aliphatic carbocycles. The summed E-state index contributed by atoms with van der Waals surface area (Å²) in [6, 6.07) is 0. The summed E-state index contributed by atoms with van der Waals surface area (Å²) in [5.41, 5.74) is -0.573. The average Bonchev–Trinajstić information content (AvgIpc) is 2.80. The summed E-state index contributed by atoms with van der Waals surface area (Å²) < 4.78 is 4.99. The average molecular weight is 254 g/mol. The van der Waals surface area contributed by atoms with Gasteiger partial charge in [0.05, 0.1) is 6.54 Å². The number of rotatable bonds is 5. The lowest BCUT2D eigenvalue weighted by atomic mass is 9.93. The molecule has 2 aliphatic rings. The van der Waals surface area contributed by atoms with E-state index >= 15 is 0 Å². The molecule has 2 rings (SSSR count). The van der Waals surface area contributed by atoms with Crippen LogP contribution in [0.5, 0.6) is 0 Å². The number of unbranched alkanes of at least 4 members (excludes halogenated alkanes) is 1. The Labute approximate surface area is 108 Å². The Hall–Kier alpha value is -1.10. The number of ether oxygens (including phenoxy) is 1. The first kappa shape index (κ1) is 13.3. The fourth-order valence-corrected chi connectivity index (χ4v) is 2.95. The molecule has 1 heterocycles. The molecule has 102 valence electrons. The Morgan fingerprint density at radius 2 is 2.00 bits per heavy atom. The van der Waals surface area contributed by atoms with Gasteiger partial charge in [-0.05, 0) is 25.7 Å². The van der Waals surface area contributed by atoms with E-state index in [-0.39, 0.29) is 18.4 Å². The van der Waals surface area contributed by atoms with Crippen LogP contribution in [0.2, 0.25) is 0 Å². The van der Waals surface area contributed by atoms with Gasteiger partial charge in [0.2, 0.25) is 11.8 Å². The summed E-state index contributed by atoms with van der Waals surface area (Å²) in [7, 11) is 1.67. The van der Waals surface area contributed by atoms with E-state index in [0.717, 1.165) is 38.5 Å². The smallest absolute Gasteiger partial charge is 0.248 e. The summed E-state index contributed by atoms with van der Waals surface area (Å²) in [4.78, 5) is 25.9. The van der Waals surface area contributed by atoms with Gasteiger partial charge in [-0.1, -0.05) is 12.8 Å². The third-order valence-electron chi connectivity index (χ3n) is 3.89. The van der Waals surface area contributed by atoms with Crippen molar-refractivity contribution in [2.75, 3.05) is 26.8 Å². The molecule has 1 saturated heterocycles. The normalized spacial score (nSPS) is 22.6. The summed E-state index contributed by atoms with van der Waals surface area (Å²) in [5.74, 6) is 0.111. The first-order chi connectivity index (χ1) is 8.68. The third-order valence-corrected chi connectivity index (χ3v) is 3.89. The van der Waals surface area contributed by atoms with E-state index in [0.29, 0.717) is 13.2 Å². The van der Waals surface area contributed by atoms with Crippen molar-refractivity contribution in [3.05, 3.63) is 0 Å². The number of nitrogens with one attached hydrogen (secondary N) is 1. The Balaban J connectivity index is 1.93. The highest BCUT2D eigenvalue weighted by molar-refractivity contribution is 5.98. The van der Waals surface area contributed by atoms with Crippen LogP contribution in [0, 0.1) is 0 Å². The van der Waals surface area contributed by atoms with Gasteiger partial charge in [-0.15, -0.1) is 0 Å². The van der Waals surface area contributed by atoms with E-state index in [1.54, 1.807) is 12.0 Å². The number of hydrogen-bond acceptors (Lipinski definition) is 3. The number of amides is 2. The molecule has 1 saturated carbocycles. The van der Waals surface area contributed by atoms with Crippen molar-refractivity contribution < 1.29 is 14.3 Å². The zero-order valence-electron chi connectivity index (χ0n) is 11.0. The Kier molecular flexibility index (Phi) is 4.22. The fourth-order valence-electron chi connectivity index (χ4n) is 2.95. The lowest BCUT2D eigenvalue weighted by Gasteiger charge is -2.39. The third kappa shape index (κ3) is 2.66. The van der Waals surface area contributed by atoms with Crippen molar-refractivity contribution in [2.45, 2.75) is 44.1 Å². The standard InChI is InChI=1S/C13H22N2O3/c1-18-9-5-4-8-15-10-11(16)14-13(12(15)17)6-2-3-7-13/h2-10H2,1H3,(H,14,16). The molecular weight excluding hydrogens is 232 g/mol. The SMILES string of the molecule is COCCCCN1CC(=O)NC2(CCCC2)C1=O. The molecule has 0 unspecified atom stereocenters. The monoisotopic (exact) mass is 254 g/mol. The van der Waals surface area contributed by atoms with Crippen molar-refractivity contribution in [1.82, 2.24) is 10.2 Å². The quantitative estimate of drug-likeness (QED) is 0.734. The summed E-state index contributed by atoms with van der Waals surface area (Å²) >= 11 is 0. The van der Waals surface area contributed by atoms with Crippen LogP contribution in [0.15, 0.2) is 0 Å². The fraction of sp³-hybridized carbons (Fsp3) is 0.846. The van der Waals surface area contributed by atoms with Crippen LogP contribution in [-0.4, -0.2) is 49.1 Å². The molecule has 18 heavy (non-hydrogen) atoms. The van der Waals surface area contributed by atoms with E-state index in [9.17, 15) is 9.59 Å². The molecule has 0 aromatic heterocycles. The van der Waals surface area contributed by atoms with Gasteiger partial charge < -0.3 is 15.0 Å². The molecule has 1 aliphatic heterocycles. The van der Waals surface area contributed by atoms with Gasteiger partial charge in [0.25, 0.3) is 0 Å². The first-order valence-electron chi connectivity index (χ1n) is 6.77. The minimum Gasteiger partial charge on any atom is -0.385 e. The molecule has 1 N–H and O–H groups in total. The van der Waals surface area contributed by atoms with Gasteiger partial charge in [0.15, 0.2) is 0 Å². The number of hydrogen-bond donors (Lipinski definition) is 1. The largest absolute Gasteiger partial charge is 0.385 e. The highest BCUT2D eigenvalue weighted by Crippen LogP contribution is 2.33. The highest BCUT2D eigenvalue weighted by atomic mass is 16.5. The van der Waals surface area contributed by atoms with E-state index in [4.69, 9.17) is 4.74 Å². The number of piperazine rings is 1. The Morgan fingerprint density at radius 1 is 1.28 bits per heavy atom. The van der Waals surface area contributed by atoms with Gasteiger partial charge in [0.1, 0.15) is 5.54 Å². The molecule has 0 aromatic rings. The topological polar surface area (TPSA) is 58.6 Å². The minimum atomic E-state index is -0.573. The van der Waals surface area contributed by atoms with Crippen molar-refractivity contribution in [2.24, 2.45) is 0 Å². The number of carbonyl (C=O) groups excluding carboxylic acids is 2. The molecule has 2 amide bonds. The van der Waals surface area contributed by atoms with Crippen molar-refractivity contribution in [1.29, 1.82) is 0 Å². The van der Waals surface area contributed by atoms with Crippen LogP contribution in [0.4, 0.5) is 0 Å². The number of carbonyl (C=O) groups is 2. The summed E-state index contributed by atoms with van der Waals surface area (Å²) in [6.45, 7) is 1.59. The van der Waals surface area contributed by atoms with Gasteiger partial charge >= 0.3 is 0 Å². The molecule has 5 heteroatoms. The van der Waals surface area contributed by atoms with Gasteiger partial charge in [-0.25, -0.2) is 0 Å². The maximum atomic E-state index is 12.4. The van der Waals surface area contributed by atoms with Crippen LogP contribution in [0.3, 0.4) is 0 Å².